The summed E-state index contributed by atoms with van der Waals surface area (Å²) in [5.74, 6) is 0. The van der Waals surface area contributed by atoms with Gasteiger partial charge >= 0.3 is 35.3 Å². The van der Waals surface area contributed by atoms with Crippen molar-refractivity contribution >= 4 is 30.2 Å². The number of halogens is 2. The number of nitrogen functional groups attached to an aromatic ring is 1. The summed E-state index contributed by atoms with van der Waals surface area (Å²) in [5, 5.41) is 10.1. The number of anilines is 1. The molecule has 1 aromatic carbocycles. The van der Waals surface area contributed by atoms with Crippen molar-refractivity contribution in [1.29, 1.82) is 0 Å². The molecule has 0 unspecified atom stereocenters. The van der Waals surface area contributed by atoms with E-state index in [2.05, 4.69) is 0 Å². The molecule has 1 rings (SSSR count). The van der Waals surface area contributed by atoms with Crippen molar-refractivity contribution in [1.82, 2.24) is 6.15 Å². The van der Waals surface area contributed by atoms with Gasteiger partial charge in [-0.3, -0.25) is 10.1 Å². The van der Waals surface area contributed by atoms with Crippen molar-refractivity contribution in [3.8, 4) is 0 Å². The zero-order chi connectivity index (χ0) is 10.3. The predicted octanol–water partition coefficient (Wildman–Crippen LogP) is 2.72. The number of benzene rings is 1. The molecule has 84 valence electrons. The second-order valence-corrected chi connectivity index (χ2v) is 5.18. The fourth-order valence-electron chi connectivity index (χ4n) is 0.638. The Morgan fingerprint density at radius 3 is 2.21 bits per heavy atom. The normalized spacial score (nSPS) is 8.14. The Morgan fingerprint density at radius 2 is 1.93 bits per heavy atom. The summed E-state index contributed by atoms with van der Waals surface area (Å²) in [4.78, 5) is 9.63. The minimum absolute atomic E-state index is 0. The monoisotopic (exact) mass is 420 g/mol. The second-order valence-electron chi connectivity index (χ2n) is 1.90. The Bertz CT molecular complexity index is 288. The first-order valence-corrected chi connectivity index (χ1v) is 8.57. The topological polar surface area (TPSA) is 104 Å². The van der Waals surface area contributed by atoms with E-state index >= 15 is 0 Å². The molecule has 14 heavy (non-hydrogen) atoms. The van der Waals surface area contributed by atoms with Crippen LogP contribution >= 0.6 is 18.8 Å². The van der Waals surface area contributed by atoms with Gasteiger partial charge < -0.3 is 11.9 Å². The Kier molecular flexibility index (Phi) is 10.6. The molecule has 0 amide bonds. The summed E-state index contributed by atoms with van der Waals surface area (Å²) in [6.07, 6.45) is 0. The van der Waals surface area contributed by atoms with E-state index in [4.69, 9.17) is 24.6 Å². The van der Waals surface area contributed by atoms with Gasteiger partial charge in [0.05, 0.1) is 4.92 Å². The zero-order valence-corrected chi connectivity index (χ0v) is 10.7. The Balaban J connectivity index is 0. The summed E-state index contributed by atoms with van der Waals surface area (Å²) in [6, 6.07) is 5.87. The third-order valence-corrected chi connectivity index (χ3v) is 1.08. The first kappa shape index (κ1) is 16.1. The van der Waals surface area contributed by atoms with E-state index in [0.717, 1.165) is 0 Å². The van der Waals surface area contributed by atoms with Gasteiger partial charge in [0.15, 0.2) is 0 Å². The van der Waals surface area contributed by atoms with Gasteiger partial charge in [-0.1, -0.05) is 6.07 Å². The van der Waals surface area contributed by atoms with Gasteiger partial charge in [0, 0.05) is 17.8 Å². The average molecular weight is 421 g/mol. The fraction of sp³-hybridized carbons (Fsp3) is 0. The number of nitrogens with zero attached hydrogens (tertiary/aromatic N) is 1. The van der Waals surface area contributed by atoms with Crippen molar-refractivity contribution in [3.63, 3.8) is 0 Å². The third kappa shape index (κ3) is 7.09. The Morgan fingerprint density at radius 1 is 1.43 bits per heavy atom. The van der Waals surface area contributed by atoms with Gasteiger partial charge in [-0.05, 0) is 6.07 Å². The van der Waals surface area contributed by atoms with E-state index in [9.17, 15) is 10.1 Å². The quantitative estimate of drug-likeness (QED) is 0.414. The Hall–Kier alpha value is -0.352. The van der Waals surface area contributed by atoms with Gasteiger partial charge in [0.25, 0.3) is 5.69 Å². The summed E-state index contributed by atoms with van der Waals surface area (Å²) in [5.41, 5.74) is 5.73. The zero-order valence-electron chi connectivity index (χ0n) is 6.93. The predicted molar refractivity (Wildman–Crippen MR) is 54.2 cm³/mol. The van der Waals surface area contributed by atoms with Crippen LogP contribution in [-0.2, 0) is 16.5 Å². The molecule has 0 aromatic heterocycles. The first-order valence-electron chi connectivity index (χ1n) is 2.94. The summed E-state index contributed by atoms with van der Waals surface area (Å²) >= 11 is -0.472. The van der Waals surface area contributed by atoms with Crippen LogP contribution in [0.4, 0.5) is 11.4 Å². The molecule has 0 fully saturated rings. The molecule has 5 nitrogen and oxygen atoms in total. The second kappa shape index (κ2) is 9.21. The van der Waals surface area contributed by atoms with Crippen LogP contribution in [-0.4, -0.2) is 4.92 Å². The van der Waals surface area contributed by atoms with E-state index < -0.39 is 21.4 Å². The van der Waals surface area contributed by atoms with Crippen LogP contribution in [0.1, 0.15) is 0 Å². The first-order chi connectivity index (χ1) is 6.11. The molecular formula is C6H9Cl2N3O2Pt. The van der Waals surface area contributed by atoms with Crippen molar-refractivity contribution in [2.45, 2.75) is 0 Å². The number of nitro benzene ring substituents is 1. The van der Waals surface area contributed by atoms with Crippen molar-refractivity contribution in [3.05, 3.63) is 34.4 Å². The minimum atomic E-state index is -0.476. The molecule has 0 aliphatic carbocycles. The van der Waals surface area contributed by atoms with Crippen LogP contribution in [0, 0.1) is 10.1 Å². The molecule has 0 saturated heterocycles. The average Bonchev–Trinajstić information content (AvgIpc) is 2.05. The van der Waals surface area contributed by atoms with Gasteiger partial charge in [-0.2, -0.15) is 0 Å². The van der Waals surface area contributed by atoms with Crippen molar-refractivity contribution < 1.29 is 21.4 Å². The standard InChI is InChI=1S/C6H6N2O2.2ClH.H3N.Pt/c7-5-2-1-3-6(4-5)8(9)10;;;;/h1-4H,7H2;2*1H;1H3;/q;;;;+2/p-2. The number of nitro groups is 1. The van der Waals surface area contributed by atoms with E-state index in [0.29, 0.717) is 5.69 Å². The van der Waals surface area contributed by atoms with Gasteiger partial charge in [-0.25, -0.2) is 0 Å². The molecule has 8 heteroatoms. The third-order valence-electron chi connectivity index (χ3n) is 1.08. The molecule has 0 radical (unpaired) electrons. The summed E-state index contributed by atoms with van der Waals surface area (Å²) in [6.45, 7) is 0. The van der Waals surface area contributed by atoms with Crippen LogP contribution in [0.3, 0.4) is 0 Å². The maximum absolute atomic E-state index is 10.1. The number of non-ortho nitro benzene ring substituents is 1. The van der Waals surface area contributed by atoms with Crippen molar-refractivity contribution in [2.24, 2.45) is 0 Å². The van der Waals surface area contributed by atoms with Crippen LogP contribution in [0.5, 0.6) is 0 Å². The van der Waals surface area contributed by atoms with Crippen molar-refractivity contribution in [2.75, 3.05) is 5.73 Å². The van der Waals surface area contributed by atoms with Gasteiger partial charge in [-0.15, -0.1) is 0 Å². The molecule has 0 spiro atoms. The fourth-order valence-corrected chi connectivity index (χ4v) is 0.638. The number of nitrogens with two attached hydrogens (primary N) is 1. The van der Waals surface area contributed by atoms with Crippen LogP contribution in [0.25, 0.3) is 0 Å². The molecule has 5 N–H and O–H groups in total. The van der Waals surface area contributed by atoms with E-state index in [1.807, 2.05) is 0 Å². The number of hydrogen-bond acceptors (Lipinski definition) is 4. The van der Waals surface area contributed by atoms with Crippen LogP contribution in [0.2, 0.25) is 0 Å². The number of rotatable bonds is 1. The van der Waals surface area contributed by atoms with Crippen LogP contribution < -0.4 is 11.9 Å². The molecule has 0 saturated carbocycles. The summed E-state index contributed by atoms with van der Waals surface area (Å²) in [7, 11) is 9.75. The molecule has 0 aliphatic rings. The summed E-state index contributed by atoms with van der Waals surface area (Å²) < 4.78 is 0. The molecule has 0 atom stereocenters. The van der Waals surface area contributed by atoms with E-state index in [-0.39, 0.29) is 11.8 Å². The van der Waals surface area contributed by atoms with Gasteiger partial charge in [0.2, 0.25) is 0 Å². The van der Waals surface area contributed by atoms with Crippen LogP contribution in [0.15, 0.2) is 24.3 Å². The molecule has 0 bridgehead atoms. The SMILES string of the molecule is N.Nc1cccc([N+](=O)[O-])c1.[Cl][Pt][Cl]. The molecular weight excluding hydrogens is 412 g/mol. The van der Waals surface area contributed by atoms with Gasteiger partial charge in [0.1, 0.15) is 0 Å². The van der Waals surface area contributed by atoms with E-state index in [1.54, 1.807) is 12.1 Å². The molecule has 0 aliphatic heterocycles. The van der Waals surface area contributed by atoms with E-state index in [1.165, 1.54) is 12.1 Å². The number of hydrogen-bond donors (Lipinski definition) is 2. The molecule has 1 aromatic rings. The molecule has 0 heterocycles. The maximum atomic E-state index is 10.1. The Labute approximate surface area is 97.7 Å².